The first kappa shape index (κ1) is 17.8. The van der Waals surface area contributed by atoms with E-state index in [1.54, 1.807) is 0 Å². The zero-order valence-corrected chi connectivity index (χ0v) is 15.7. The van der Waals surface area contributed by atoms with E-state index in [9.17, 15) is 5.11 Å². The summed E-state index contributed by atoms with van der Waals surface area (Å²) in [5.41, 5.74) is 5.44. The second-order valence-corrected chi connectivity index (χ2v) is 9.12. The lowest BCUT2D eigenvalue weighted by Gasteiger charge is -2.44. The van der Waals surface area contributed by atoms with Gasteiger partial charge in [0.2, 0.25) is 0 Å². The van der Waals surface area contributed by atoms with E-state index in [1.807, 2.05) is 0 Å². The van der Waals surface area contributed by atoms with E-state index in [2.05, 4.69) is 0 Å². The molecule has 0 spiro atoms. The number of rotatable bonds is 4. The van der Waals surface area contributed by atoms with Crippen LogP contribution in [0.2, 0.25) is 0 Å². The highest BCUT2D eigenvalue weighted by molar-refractivity contribution is 5.91. The molecule has 3 aliphatic carbocycles. The molecule has 4 nitrogen and oxygen atoms in total. The molecule has 0 aromatic heterocycles. The molecule has 0 bridgehead atoms. The molecule has 4 rings (SSSR count). The summed E-state index contributed by atoms with van der Waals surface area (Å²) in [6, 6.07) is 0.224. The average Bonchev–Trinajstić information content (AvgIpc) is 2.93. The maximum atomic E-state index is 11.6. The molecule has 4 heteroatoms. The maximum Gasteiger partial charge on any atom is 0.129 e. The van der Waals surface area contributed by atoms with Crippen molar-refractivity contribution < 1.29 is 9.84 Å². The highest BCUT2D eigenvalue weighted by Gasteiger charge is 2.55. The third kappa shape index (κ3) is 3.49. The fourth-order valence-electron chi connectivity index (χ4n) is 6.05. The Balaban J connectivity index is 1.38. The molecule has 0 radical (unpaired) electrons. The minimum absolute atomic E-state index is 0.181. The van der Waals surface area contributed by atoms with Gasteiger partial charge in [0.05, 0.1) is 12.1 Å². The van der Waals surface area contributed by atoms with Crippen molar-refractivity contribution in [1.82, 2.24) is 0 Å². The fraction of sp³-hybridized carbons (Fsp3) is 0.952. The van der Waals surface area contributed by atoms with Crippen LogP contribution in [0.4, 0.5) is 0 Å². The van der Waals surface area contributed by atoms with Crippen molar-refractivity contribution >= 4 is 5.84 Å². The zero-order valence-electron chi connectivity index (χ0n) is 15.7. The molecule has 1 aliphatic heterocycles. The van der Waals surface area contributed by atoms with Gasteiger partial charge in [-0.3, -0.25) is 4.99 Å². The zero-order chi connectivity index (χ0) is 17.3. The van der Waals surface area contributed by atoms with Crippen LogP contribution in [0.15, 0.2) is 4.99 Å². The van der Waals surface area contributed by atoms with E-state index in [0.717, 1.165) is 44.6 Å². The van der Waals surface area contributed by atoms with Crippen LogP contribution in [0, 0.1) is 17.8 Å². The number of aliphatic hydroxyl groups is 1. The number of amidine groups is 1. The minimum Gasteiger partial charge on any atom is -0.385 e. The summed E-state index contributed by atoms with van der Waals surface area (Å²) in [4.78, 5) is 4.71. The largest absolute Gasteiger partial charge is 0.385 e. The summed E-state index contributed by atoms with van der Waals surface area (Å²) < 4.78 is 6.34. The molecular weight excluding hydrogens is 312 g/mol. The summed E-state index contributed by atoms with van der Waals surface area (Å²) >= 11 is 0. The molecule has 0 aromatic rings. The average molecular weight is 349 g/mol. The highest BCUT2D eigenvalue weighted by atomic mass is 16.5. The summed E-state index contributed by atoms with van der Waals surface area (Å²) in [6.45, 7) is 0.917. The van der Waals surface area contributed by atoms with Gasteiger partial charge < -0.3 is 15.6 Å². The van der Waals surface area contributed by atoms with E-state index < -0.39 is 5.60 Å². The van der Waals surface area contributed by atoms with Gasteiger partial charge in [-0.1, -0.05) is 38.5 Å². The van der Waals surface area contributed by atoms with E-state index in [4.69, 9.17) is 15.5 Å². The molecule has 4 aliphatic rings. The lowest BCUT2D eigenvalue weighted by Crippen LogP contribution is -2.55. The molecule has 25 heavy (non-hydrogen) atoms. The first-order chi connectivity index (χ1) is 12.2. The Morgan fingerprint density at radius 2 is 1.64 bits per heavy atom. The Labute approximate surface area is 152 Å². The van der Waals surface area contributed by atoms with Crippen LogP contribution in [0.5, 0.6) is 0 Å². The van der Waals surface area contributed by atoms with Gasteiger partial charge in [0.25, 0.3) is 0 Å². The van der Waals surface area contributed by atoms with Gasteiger partial charge in [-0.2, -0.15) is 0 Å². The first-order valence-electron chi connectivity index (χ1n) is 10.9. The Morgan fingerprint density at radius 1 is 0.960 bits per heavy atom. The van der Waals surface area contributed by atoms with Gasteiger partial charge in [-0.05, 0) is 56.8 Å². The van der Waals surface area contributed by atoms with Gasteiger partial charge in [0.15, 0.2) is 0 Å². The number of nitrogens with zero attached hydrogens (tertiary/aromatic N) is 1. The molecule has 4 unspecified atom stereocenters. The lowest BCUT2D eigenvalue weighted by molar-refractivity contribution is -0.0727. The molecule has 3 saturated carbocycles. The van der Waals surface area contributed by atoms with Gasteiger partial charge in [0, 0.05) is 12.5 Å². The van der Waals surface area contributed by atoms with E-state index in [0.29, 0.717) is 17.9 Å². The SMILES string of the molecule is NC1=NC2CCC(OCC3CCCCC3)CC2C1(O)C1CCCCC1. The topological polar surface area (TPSA) is 67.8 Å². The Hall–Kier alpha value is -0.610. The number of aliphatic imine (C=N–C) groups is 1. The van der Waals surface area contributed by atoms with Crippen LogP contribution in [-0.2, 0) is 4.74 Å². The van der Waals surface area contributed by atoms with Crippen LogP contribution >= 0.6 is 0 Å². The molecule has 0 aromatic carbocycles. The third-order valence-corrected chi connectivity index (χ3v) is 7.57. The van der Waals surface area contributed by atoms with Gasteiger partial charge in [0.1, 0.15) is 11.4 Å². The second kappa shape index (κ2) is 7.56. The Morgan fingerprint density at radius 3 is 2.36 bits per heavy atom. The van der Waals surface area contributed by atoms with E-state index in [1.165, 1.54) is 51.4 Å². The monoisotopic (exact) mass is 348 g/mol. The number of fused-ring (bicyclic) bond motifs is 1. The molecular formula is C21H36N2O2. The molecule has 0 saturated heterocycles. The number of hydrogen-bond donors (Lipinski definition) is 2. The fourth-order valence-corrected chi connectivity index (χ4v) is 6.05. The van der Waals surface area contributed by atoms with Crippen molar-refractivity contribution in [2.24, 2.45) is 28.5 Å². The van der Waals surface area contributed by atoms with Gasteiger partial charge in [-0.25, -0.2) is 0 Å². The normalized spacial score (nSPS) is 40.7. The van der Waals surface area contributed by atoms with Crippen molar-refractivity contribution in [1.29, 1.82) is 0 Å². The second-order valence-electron chi connectivity index (χ2n) is 9.12. The van der Waals surface area contributed by atoms with Crippen molar-refractivity contribution in [2.75, 3.05) is 6.61 Å². The number of hydrogen-bond acceptors (Lipinski definition) is 4. The Kier molecular flexibility index (Phi) is 5.38. The minimum atomic E-state index is -0.863. The summed E-state index contributed by atoms with van der Waals surface area (Å²) in [7, 11) is 0. The van der Waals surface area contributed by atoms with Gasteiger partial charge >= 0.3 is 0 Å². The van der Waals surface area contributed by atoms with Crippen molar-refractivity contribution in [3.05, 3.63) is 0 Å². The van der Waals surface area contributed by atoms with Crippen LogP contribution in [0.25, 0.3) is 0 Å². The summed E-state index contributed by atoms with van der Waals surface area (Å²) in [5, 5.41) is 11.6. The van der Waals surface area contributed by atoms with Crippen LogP contribution in [0.3, 0.4) is 0 Å². The molecule has 4 atom stereocenters. The first-order valence-corrected chi connectivity index (χ1v) is 10.9. The van der Waals surface area contributed by atoms with Crippen LogP contribution < -0.4 is 5.73 Å². The number of ether oxygens (including phenoxy) is 1. The van der Waals surface area contributed by atoms with Gasteiger partial charge in [-0.15, -0.1) is 0 Å². The molecule has 3 N–H and O–H groups in total. The van der Waals surface area contributed by atoms with Crippen LogP contribution in [0.1, 0.15) is 83.5 Å². The summed E-state index contributed by atoms with van der Waals surface area (Å²) in [5.74, 6) is 1.77. The standard InChI is InChI=1S/C21H36N2O2/c22-20-21(24,16-9-5-2-6-10-16)18-13-17(11-12-19(18)23-20)25-14-15-7-3-1-4-8-15/h15-19,24H,1-14H2,(H2,22,23). The smallest absolute Gasteiger partial charge is 0.129 e. The highest BCUT2D eigenvalue weighted by Crippen LogP contribution is 2.48. The summed E-state index contributed by atoms with van der Waals surface area (Å²) in [6.07, 6.45) is 16.1. The van der Waals surface area contributed by atoms with Crippen LogP contribution in [-0.4, -0.2) is 35.3 Å². The van der Waals surface area contributed by atoms with Crippen molar-refractivity contribution in [3.63, 3.8) is 0 Å². The lowest BCUT2D eigenvalue weighted by atomic mass is 9.65. The van der Waals surface area contributed by atoms with E-state index in [-0.39, 0.29) is 12.0 Å². The predicted octanol–water partition coefficient (Wildman–Crippen LogP) is 3.80. The van der Waals surface area contributed by atoms with Crippen molar-refractivity contribution in [2.45, 2.75) is 101 Å². The molecule has 142 valence electrons. The number of nitrogens with two attached hydrogens (primary N) is 1. The molecule has 1 heterocycles. The van der Waals surface area contributed by atoms with Crippen molar-refractivity contribution in [3.8, 4) is 0 Å². The molecule has 0 amide bonds. The maximum absolute atomic E-state index is 11.6. The predicted molar refractivity (Wildman–Crippen MR) is 101 cm³/mol. The molecule has 3 fully saturated rings. The quantitative estimate of drug-likeness (QED) is 0.812. The van der Waals surface area contributed by atoms with E-state index >= 15 is 0 Å². The third-order valence-electron chi connectivity index (χ3n) is 7.57. The Bertz CT molecular complexity index is 482.